The number of carboxylic acid groups (broad SMARTS) is 1. The molecule has 6 heteroatoms. The van der Waals surface area contributed by atoms with Crippen molar-refractivity contribution >= 4 is 11.7 Å². The number of hydrogen-bond donors (Lipinski definition) is 1. The van der Waals surface area contributed by atoms with E-state index in [9.17, 15) is 14.9 Å². The summed E-state index contributed by atoms with van der Waals surface area (Å²) in [5.41, 5.74) is -0.375. The van der Waals surface area contributed by atoms with Crippen molar-refractivity contribution < 1.29 is 19.6 Å². The Morgan fingerprint density at radius 2 is 2.16 bits per heavy atom. The van der Waals surface area contributed by atoms with Gasteiger partial charge < -0.3 is 9.84 Å². The van der Waals surface area contributed by atoms with E-state index in [0.29, 0.717) is 18.1 Å². The SMILES string of the molecule is CC(C)CCOCc1cccc([N+](=O)[O-])c1C(=O)O. The first-order chi connectivity index (χ1) is 8.93. The molecule has 0 heterocycles. The fraction of sp³-hybridized carbons (Fsp3) is 0.462. The maximum absolute atomic E-state index is 11.1. The number of carboxylic acids is 1. The zero-order valence-corrected chi connectivity index (χ0v) is 11.0. The fourth-order valence-corrected chi connectivity index (χ4v) is 1.61. The molecule has 1 aromatic rings. The van der Waals surface area contributed by atoms with Crippen LogP contribution in [0.4, 0.5) is 5.69 Å². The number of nitro benzene ring substituents is 1. The Balaban J connectivity index is 2.85. The van der Waals surface area contributed by atoms with E-state index in [1.54, 1.807) is 0 Å². The quantitative estimate of drug-likeness (QED) is 0.466. The number of hydrogen-bond acceptors (Lipinski definition) is 4. The number of carbonyl (C=O) groups is 1. The lowest BCUT2D eigenvalue weighted by Crippen LogP contribution is -2.09. The van der Waals surface area contributed by atoms with E-state index in [-0.39, 0.29) is 12.2 Å². The van der Waals surface area contributed by atoms with Gasteiger partial charge in [-0.1, -0.05) is 26.0 Å². The first kappa shape index (κ1) is 15.1. The van der Waals surface area contributed by atoms with Crippen LogP contribution < -0.4 is 0 Å². The van der Waals surface area contributed by atoms with Crippen LogP contribution >= 0.6 is 0 Å². The van der Waals surface area contributed by atoms with Crippen molar-refractivity contribution in [1.82, 2.24) is 0 Å². The molecule has 0 aliphatic carbocycles. The molecule has 0 bridgehead atoms. The van der Waals surface area contributed by atoms with E-state index in [4.69, 9.17) is 9.84 Å². The molecule has 0 atom stereocenters. The van der Waals surface area contributed by atoms with Gasteiger partial charge in [-0.25, -0.2) is 4.79 Å². The number of nitro groups is 1. The zero-order chi connectivity index (χ0) is 14.4. The van der Waals surface area contributed by atoms with E-state index < -0.39 is 16.6 Å². The van der Waals surface area contributed by atoms with Crippen LogP contribution in [0.5, 0.6) is 0 Å². The summed E-state index contributed by atoms with van der Waals surface area (Å²) >= 11 is 0. The maximum atomic E-state index is 11.1. The molecular weight excluding hydrogens is 250 g/mol. The topological polar surface area (TPSA) is 89.7 Å². The van der Waals surface area contributed by atoms with Crippen molar-refractivity contribution in [2.24, 2.45) is 5.92 Å². The minimum atomic E-state index is -1.31. The highest BCUT2D eigenvalue weighted by molar-refractivity contribution is 5.94. The Bertz CT molecular complexity index is 470. The lowest BCUT2D eigenvalue weighted by molar-refractivity contribution is -0.385. The Kier molecular flexibility index (Phi) is 5.44. The highest BCUT2D eigenvalue weighted by Gasteiger charge is 2.23. The zero-order valence-electron chi connectivity index (χ0n) is 11.0. The second kappa shape index (κ2) is 6.84. The maximum Gasteiger partial charge on any atom is 0.343 e. The summed E-state index contributed by atoms with van der Waals surface area (Å²) in [4.78, 5) is 21.2. The fourth-order valence-electron chi connectivity index (χ4n) is 1.61. The van der Waals surface area contributed by atoms with Crippen molar-refractivity contribution in [3.8, 4) is 0 Å². The summed E-state index contributed by atoms with van der Waals surface area (Å²) < 4.78 is 5.37. The Morgan fingerprint density at radius 3 is 2.68 bits per heavy atom. The van der Waals surface area contributed by atoms with Crippen molar-refractivity contribution in [2.45, 2.75) is 26.9 Å². The molecule has 1 N–H and O–H groups in total. The summed E-state index contributed by atoms with van der Waals surface area (Å²) in [7, 11) is 0. The van der Waals surface area contributed by atoms with Gasteiger partial charge in [0.05, 0.1) is 11.5 Å². The van der Waals surface area contributed by atoms with Gasteiger partial charge in [0.25, 0.3) is 5.69 Å². The molecule has 0 spiro atoms. The summed E-state index contributed by atoms with van der Waals surface area (Å²) in [6.45, 7) is 4.67. The molecule has 0 radical (unpaired) electrons. The average Bonchev–Trinajstić information content (AvgIpc) is 2.33. The van der Waals surface area contributed by atoms with Gasteiger partial charge in [0.1, 0.15) is 5.56 Å². The second-order valence-corrected chi connectivity index (χ2v) is 4.61. The monoisotopic (exact) mass is 267 g/mol. The van der Waals surface area contributed by atoms with Crippen LogP contribution in [0.25, 0.3) is 0 Å². The second-order valence-electron chi connectivity index (χ2n) is 4.61. The minimum absolute atomic E-state index is 0.0655. The van der Waals surface area contributed by atoms with Crippen LogP contribution in [0.2, 0.25) is 0 Å². The summed E-state index contributed by atoms with van der Waals surface area (Å²) in [6, 6.07) is 4.18. The van der Waals surface area contributed by atoms with E-state index in [1.165, 1.54) is 18.2 Å². The van der Waals surface area contributed by atoms with E-state index in [0.717, 1.165) is 6.42 Å². The lowest BCUT2D eigenvalue weighted by Gasteiger charge is -2.09. The normalized spacial score (nSPS) is 10.7. The van der Waals surface area contributed by atoms with Gasteiger partial charge in [-0.3, -0.25) is 10.1 Å². The Hall–Kier alpha value is -1.95. The molecule has 1 rings (SSSR count). The largest absolute Gasteiger partial charge is 0.477 e. The van der Waals surface area contributed by atoms with Crippen LogP contribution in [0, 0.1) is 16.0 Å². The lowest BCUT2D eigenvalue weighted by atomic mass is 10.1. The summed E-state index contributed by atoms with van der Waals surface area (Å²) in [5.74, 6) is -0.821. The van der Waals surface area contributed by atoms with Gasteiger partial charge in [0, 0.05) is 12.7 Å². The van der Waals surface area contributed by atoms with Crippen LogP contribution in [0.3, 0.4) is 0 Å². The molecule has 0 saturated heterocycles. The van der Waals surface area contributed by atoms with Gasteiger partial charge >= 0.3 is 5.97 Å². The van der Waals surface area contributed by atoms with Crippen molar-refractivity contribution in [3.63, 3.8) is 0 Å². The molecule has 6 nitrogen and oxygen atoms in total. The molecule has 0 fully saturated rings. The molecule has 0 unspecified atom stereocenters. The van der Waals surface area contributed by atoms with E-state index in [1.807, 2.05) is 0 Å². The Labute approximate surface area is 111 Å². The van der Waals surface area contributed by atoms with Crippen LogP contribution in [0.1, 0.15) is 36.2 Å². The predicted molar refractivity (Wildman–Crippen MR) is 69.2 cm³/mol. The highest BCUT2D eigenvalue weighted by Crippen LogP contribution is 2.23. The van der Waals surface area contributed by atoms with Gasteiger partial charge in [-0.05, 0) is 17.9 Å². The first-order valence-corrected chi connectivity index (χ1v) is 6.00. The standard InChI is InChI=1S/C13H17NO5/c1-9(2)6-7-19-8-10-4-3-5-11(14(17)18)12(10)13(15)16/h3-5,9H,6-8H2,1-2H3,(H,15,16). The van der Waals surface area contributed by atoms with Gasteiger partial charge in [0.15, 0.2) is 0 Å². The molecule has 19 heavy (non-hydrogen) atoms. The Morgan fingerprint density at radius 1 is 1.47 bits per heavy atom. The molecule has 0 amide bonds. The number of benzene rings is 1. The first-order valence-electron chi connectivity index (χ1n) is 6.00. The molecule has 0 aliphatic heterocycles. The van der Waals surface area contributed by atoms with Gasteiger partial charge in [-0.15, -0.1) is 0 Å². The third-order valence-electron chi connectivity index (χ3n) is 2.64. The van der Waals surface area contributed by atoms with Gasteiger partial charge in [-0.2, -0.15) is 0 Å². The summed E-state index contributed by atoms with van der Waals surface area (Å²) in [6.07, 6.45) is 0.858. The summed E-state index contributed by atoms with van der Waals surface area (Å²) in [5, 5.41) is 19.9. The molecular formula is C13H17NO5. The van der Waals surface area contributed by atoms with Gasteiger partial charge in [0.2, 0.25) is 0 Å². The molecule has 0 saturated carbocycles. The third kappa shape index (κ3) is 4.33. The average molecular weight is 267 g/mol. The molecule has 0 aliphatic rings. The van der Waals surface area contributed by atoms with Crippen molar-refractivity contribution in [3.05, 3.63) is 39.4 Å². The molecule has 0 aromatic heterocycles. The smallest absolute Gasteiger partial charge is 0.343 e. The van der Waals surface area contributed by atoms with Crippen molar-refractivity contribution in [2.75, 3.05) is 6.61 Å². The minimum Gasteiger partial charge on any atom is -0.477 e. The predicted octanol–water partition coefficient (Wildman–Crippen LogP) is 2.86. The highest BCUT2D eigenvalue weighted by atomic mass is 16.6. The number of aromatic carboxylic acids is 1. The number of ether oxygens (including phenoxy) is 1. The third-order valence-corrected chi connectivity index (χ3v) is 2.64. The van der Waals surface area contributed by atoms with Crippen LogP contribution in [-0.4, -0.2) is 22.6 Å². The van der Waals surface area contributed by atoms with Crippen LogP contribution in [-0.2, 0) is 11.3 Å². The van der Waals surface area contributed by atoms with Crippen LogP contribution in [0.15, 0.2) is 18.2 Å². The van der Waals surface area contributed by atoms with E-state index in [2.05, 4.69) is 13.8 Å². The van der Waals surface area contributed by atoms with Crippen molar-refractivity contribution in [1.29, 1.82) is 0 Å². The molecule has 104 valence electrons. The van der Waals surface area contributed by atoms with E-state index >= 15 is 0 Å². The number of nitrogens with zero attached hydrogens (tertiary/aromatic N) is 1. The molecule has 1 aromatic carbocycles. The number of rotatable bonds is 7.